The molecule has 13 heavy (non-hydrogen) atoms. The van der Waals surface area contributed by atoms with Gasteiger partial charge in [-0.1, -0.05) is 54.9 Å². The summed E-state index contributed by atoms with van der Waals surface area (Å²) in [5, 5.41) is 0.951. The summed E-state index contributed by atoms with van der Waals surface area (Å²) < 4.78 is 0. The summed E-state index contributed by atoms with van der Waals surface area (Å²) in [6, 6.07) is 6.54. The number of aryl methyl sites for hydroxylation is 1. The van der Waals surface area contributed by atoms with E-state index in [4.69, 9.17) is 0 Å². The van der Waals surface area contributed by atoms with Gasteiger partial charge < -0.3 is 0 Å². The molecule has 0 aromatic heterocycles. The van der Waals surface area contributed by atoms with Crippen molar-refractivity contribution in [3.05, 3.63) is 34.9 Å². The van der Waals surface area contributed by atoms with Gasteiger partial charge in [0.05, 0.1) is 0 Å². The molecule has 0 saturated carbocycles. The van der Waals surface area contributed by atoms with Gasteiger partial charge in [0.2, 0.25) is 0 Å². The third kappa shape index (κ3) is 2.34. The predicted molar refractivity (Wildman–Crippen MR) is 62.5 cm³/mol. The number of halogens is 1. The van der Waals surface area contributed by atoms with Crippen LogP contribution in [-0.2, 0) is 10.7 Å². The molecule has 0 heterocycles. The molecule has 0 bridgehead atoms. The maximum Gasteiger partial charge on any atom is 0.0288 e. The summed E-state index contributed by atoms with van der Waals surface area (Å²) in [6.07, 6.45) is 0. The highest BCUT2D eigenvalue weighted by atomic mass is 79.9. The summed E-state index contributed by atoms with van der Waals surface area (Å²) in [5.41, 5.74) is 4.51. The standard InChI is InChI=1S/C12H17Br/c1-9-6-5-7-11(10(9)8-13)12(2,3)4/h5-7H,8H2,1-4H3. The van der Waals surface area contributed by atoms with E-state index in [2.05, 4.69) is 61.8 Å². The van der Waals surface area contributed by atoms with E-state index in [0.29, 0.717) is 0 Å². The third-order valence-electron chi connectivity index (χ3n) is 2.35. The summed E-state index contributed by atoms with van der Waals surface area (Å²) >= 11 is 3.55. The Bertz CT molecular complexity index is 294. The zero-order chi connectivity index (χ0) is 10.1. The van der Waals surface area contributed by atoms with E-state index in [0.717, 1.165) is 5.33 Å². The monoisotopic (exact) mass is 240 g/mol. The first kappa shape index (κ1) is 10.8. The number of hydrogen-bond acceptors (Lipinski definition) is 0. The van der Waals surface area contributed by atoms with E-state index in [9.17, 15) is 0 Å². The van der Waals surface area contributed by atoms with E-state index in [1.807, 2.05) is 0 Å². The molecule has 0 nitrogen and oxygen atoms in total. The van der Waals surface area contributed by atoms with Crippen molar-refractivity contribution in [1.82, 2.24) is 0 Å². The maximum atomic E-state index is 3.55. The molecule has 0 aliphatic rings. The lowest BCUT2D eigenvalue weighted by Crippen LogP contribution is -2.14. The average Bonchev–Trinajstić information content (AvgIpc) is 2.02. The Morgan fingerprint density at radius 1 is 1.23 bits per heavy atom. The zero-order valence-electron chi connectivity index (χ0n) is 8.82. The van der Waals surface area contributed by atoms with Gasteiger partial charge in [-0.05, 0) is 29.0 Å². The van der Waals surface area contributed by atoms with Crippen LogP contribution in [-0.4, -0.2) is 0 Å². The highest BCUT2D eigenvalue weighted by Gasteiger charge is 2.17. The van der Waals surface area contributed by atoms with Crippen molar-refractivity contribution in [2.45, 2.75) is 38.4 Å². The number of hydrogen-bond donors (Lipinski definition) is 0. The summed E-state index contributed by atoms with van der Waals surface area (Å²) in [5.74, 6) is 0. The molecule has 0 fully saturated rings. The second kappa shape index (κ2) is 3.83. The van der Waals surface area contributed by atoms with Crippen molar-refractivity contribution in [2.24, 2.45) is 0 Å². The second-order valence-corrected chi connectivity index (χ2v) is 5.05. The Morgan fingerprint density at radius 2 is 1.85 bits per heavy atom. The van der Waals surface area contributed by atoms with Gasteiger partial charge in [0.15, 0.2) is 0 Å². The minimum Gasteiger partial charge on any atom is -0.0876 e. The van der Waals surface area contributed by atoms with Crippen molar-refractivity contribution >= 4 is 15.9 Å². The van der Waals surface area contributed by atoms with Crippen molar-refractivity contribution in [2.75, 3.05) is 0 Å². The van der Waals surface area contributed by atoms with E-state index in [1.54, 1.807) is 0 Å². The van der Waals surface area contributed by atoms with Crippen LogP contribution in [0.2, 0.25) is 0 Å². The SMILES string of the molecule is Cc1cccc(C(C)(C)C)c1CBr. The molecular weight excluding hydrogens is 224 g/mol. The number of rotatable bonds is 1. The van der Waals surface area contributed by atoms with Crippen molar-refractivity contribution in [3.63, 3.8) is 0 Å². The Balaban J connectivity index is 3.29. The second-order valence-electron chi connectivity index (χ2n) is 4.48. The fraction of sp³-hybridized carbons (Fsp3) is 0.500. The topological polar surface area (TPSA) is 0 Å². The van der Waals surface area contributed by atoms with Crippen LogP contribution in [0.25, 0.3) is 0 Å². The molecule has 0 atom stereocenters. The molecular formula is C12H17Br. The molecule has 0 aliphatic carbocycles. The Morgan fingerprint density at radius 3 is 2.23 bits per heavy atom. The normalized spacial score (nSPS) is 11.8. The van der Waals surface area contributed by atoms with Gasteiger partial charge in [-0.2, -0.15) is 0 Å². The quantitative estimate of drug-likeness (QED) is 0.647. The third-order valence-corrected chi connectivity index (χ3v) is 2.91. The Hall–Kier alpha value is -0.300. The zero-order valence-corrected chi connectivity index (χ0v) is 10.4. The lowest BCUT2D eigenvalue weighted by Gasteiger charge is -2.23. The molecule has 0 spiro atoms. The smallest absolute Gasteiger partial charge is 0.0288 e. The van der Waals surface area contributed by atoms with Crippen LogP contribution in [0.1, 0.15) is 37.5 Å². The van der Waals surface area contributed by atoms with Crippen LogP contribution < -0.4 is 0 Å². The van der Waals surface area contributed by atoms with E-state index in [1.165, 1.54) is 16.7 Å². The summed E-state index contributed by atoms with van der Waals surface area (Å²) in [6.45, 7) is 8.95. The van der Waals surface area contributed by atoms with Crippen LogP contribution in [0.5, 0.6) is 0 Å². The van der Waals surface area contributed by atoms with Gasteiger partial charge in [0, 0.05) is 5.33 Å². The maximum absolute atomic E-state index is 3.55. The van der Waals surface area contributed by atoms with E-state index < -0.39 is 0 Å². The van der Waals surface area contributed by atoms with Crippen molar-refractivity contribution in [3.8, 4) is 0 Å². The van der Waals surface area contributed by atoms with Gasteiger partial charge in [0.1, 0.15) is 0 Å². The largest absolute Gasteiger partial charge is 0.0876 e. The first-order valence-corrected chi connectivity index (χ1v) is 5.74. The van der Waals surface area contributed by atoms with Gasteiger partial charge in [-0.15, -0.1) is 0 Å². The fourth-order valence-electron chi connectivity index (χ4n) is 1.58. The van der Waals surface area contributed by atoms with Crippen LogP contribution in [0.3, 0.4) is 0 Å². The average molecular weight is 241 g/mol. The molecule has 0 aliphatic heterocycles. The Kier molecular flexibility index (Phi) is 3.18. The molecule has 0 saturated heterocycles. The predicted octanol–water partition coefficient (Wildman–Crippen LogP) is 4.19. The highest BCUT2D eigenvalue weighted by molar-refractivity contribution is 9.08. The minimum absolute atomic E-state index is 0.245. The number of alkyl halides is 1. The molecule has 0 N–H and O–H groups in total. The molecule has 72 valence electrons. The molecule has 1 aromatic rings. The molecule has 0 amide bonds. The van der Waals surface area contributed by atoms with Crippen molar-refractivity contribution in [1.29, 1.82) is 0 Å². The van der Waals surface area contributed by atoms with Gasteiger partial charge in [-0.25, -0.2) is 0 Å². The van der Waals surface area contributed by atoms with Gasteiger partial charge >= 0.3 is 0 Å². The number of benzene rings is 1. The molecule has 1 rings (SSSR count). The summed E-state index contributed by atoms with van der Waals surface area (Å²) in [4.78, 5) is 0. The Labute approximate surface area is 89.5 Å². The lowest BCUT2D eigenvalue weighted by atomic mass is 9.83. The first-order chi connectivity index (χ1) is 5.96. The van der Waals surface area contributed by atoms with Gasteiger partial charge in [-0.3, -0.25) is 0 Å². The highest BCUT2D eigenvalue weighted by Crippen LogP contribution is 2.29. The van der Waals surface area contributed by atoms with Gasteiger partial charge in [0.25, 0.3) is 0 Å². The van der Waals surface area contributed by atoms with E-state index >= 15 is 0 Å². The lowest BCUT2D eigenvalue weighted by molar-refractivity contribution is 0.585. The van der Waals surface area contributed by atoms with Crippen LogP contribution >= 0.6 is 15.9 Å². The minimum atomic E-state index is 0.245. The fourth-order valence-corrected chi connectivity index (χ4v) is 2.33. The van der Waals surface area contributed by atoms with Crippen LogP contribution in [0, 0.1) is 6.92 Å². The molecule has 0 radical (unpaired) electrons. The molecule has 1 heteroatoms. The first-order valence-electron chi connectivity index (χ1n) is 4.61. The van der Waals surface area contributed by atoms with E-state index in [-0.39, 0.29) is 5.41 Å². The molecule has 1 aromatic carbocycles. The van der Waals surface area contributed by atoms with Crippen LogP contribution in [0.4, 0.5) is 0 Å². The van der Waals surface area contributed by atoms with Crippen LogP contribution in [0.15, 0.2) is 18.2 Å². The molecule has 0 unspecified atom stereocenters. The summed E-state index contributed by atoms with van der Waals surface area (Å²) in [7, 11) is 0. The van der Waals surface area contributed by atoms with Crippen molar-refractivity contribution < 1.29 is 0 Å².